The highest BCUT2D eigenvalue weighted by Crippen LogP contribution is 2.21. The fourth-order valence-corrected chi connectivity index (χ4v) is 3.00. The Morgan fingerprint density at radius 2 is 2.25 bits per heavy atom. The Morgan fingerprint density at radius 1 is 1.38 bits per heavy atom. The Labute approximate surface area is 144 Å². The Balaban J connectivity index is 1.43. The van der Waals surface area contributed by atoms with Gasteiger partial charge in [-0.1, -0.05) is 0 Å². The van der Waals surface area contributed by atoms with Gasteiger partial charge in [-0.15, -0.1) is 0 Å². The first kappa shape index (κ1) is 14.9. The Hall–Kier alpha value is -2.68. The zero-order valence-electron chi connectivity index (χ0n) is 12.4. The second-order valence-corrected chi connectivity index (χ2v) is 6.35. The zero-order chi connectivity index (χ0) is 16.7. The van der Waals surface area contributed by atoms with E-state index in [1.165, 1.54) is 11.2 Å². The first-order valence-corrected chi connectivity index (χ1v) is 8.01. The Morgan fingerprint density at radius 3 is 3.08 bits per heavy atom. The van der Waals surface area contributed by atoms with E-state index in [0.717, 1.165) is 9.86 Å². The van der Waals surface area contributed by atoms with Crippen molar-refractivity contribution in [1.29, 1.82) is 0 Å². The maximum Gasteiger partial charge on any atom is 0.318 e. The largest absolute Gasteiger partial charge is 0.441 e. The maximum atomic E-state index is 12.3. The van der Waals surface area contributed by atoms with Gasteiger partial charge in [0.05, 0.1) is 37.2 Å². The summed E-state index contributed by atoms with van der Waals surface area (Å²) in [6, 6.07) is 3.45. The number of aromatic amines is 1. The number of carbonyl (C=O) groups is 1. The molecule has 3 aromatic rings. The minimum absolute atomic E-state index is 0.204. The smallest absolute Gasteiger partial charge is 0.318 e. The van der Waals surface area contributed by atoms with Gasteiger partial charge < -0.3 is 19.6 Å². The number of fused-ring (bicyclic) bond motifs is 2. The summed E-state index contributed by atoms with van der Waals surface area (Å²) in [7, 11) is 0. The number of rotatable bonds is 2. The van der Waals surface area contributed by atoms with E-state index in [0.29, 0.717) is 29.3 Å². The predicted octanol–water partition coefficient (Wildman–Crippen LogP) is 1.90. The van der Waals surface area contributed by atoms with Gasteiger partial charge in [-0.2, -0.15) is 0 Å². The van der Waals surface area contributed by atoms with E-state index in [1.807, 2.05) is 12.1 Å². The van der Waals surface area contributed by atoms with Crippen molar-refractivity contribution in [3.8, 4) is 0 Å². The van der Waals surface area contributed by atoms with Gasteiger partial charge in [-0.3, -0.25) is 4.79 Å². The molecule has 0 radical (unpaired) electrons. The molecule has 9 heteroatoms. The molecule has 122 valence electrons. The second-order valence-electron chi connectivity index (χ2n) is 5.43. The third-order valence-corrected chi connectivity index (χ3v) is 4.25. The Bertz CT molecular complexity index is 996. The molecule has 1 aliphatic heterocycles. The first-order valence-electron chi connectivity index (χ1n) is 7.22. The molecule has 0 aromatic carbocycles. The number of amides is 2. The lowest BCUT2D eigenvalue weighted by Gasteiger charge is -2.15. The van der Waals surface area contributed by atoms with Crippen molar-refractivity contribution in [3.63, 3.8) is 0 Å². The van der Waals surface area contributed by atoms with Crippen molar-refractivity contribution in [1.82, 2.24) is 25.2 Å². The monoisotopic (exact) mass is 389 g/mol. The number of furan rings is 1. The predicted molar refractivity (Wildman–Crippen MR) is 88.0 cm³/mol. The van der Waals surface area contributed by atoms with Crippen molar-refractivity contribution in [2.24, 2.45) is 0 Å². The number of nitrogens with one attached hydrogen (secondary N) is 2. The van der Waals surface area contributed by atoms with Gasteiger partial charge >= 0.3 is 6.03 Å². The van der Waals surface area contributed by atoms with Crippen LogP contribution in [0.4, 0.5) is 4.79 Å². The highest BCUT2D eigenvalue weighted by molar-refractivity contribution is 9.10. The standard InChI is InChI=1S/C15H12BrN5O3/c16-9-1-8-2-10(24-14(8)17-3-9)4-18-15(23)21-5-11-12(6-21)19-7-20-13(11)22/h1-3,7H,4-6H2,(H,18,23)(H,19,20,22). The van der Waals surface area contributed by atoms with Gasteiger partial charge in [0, 0.05) is 16.1 Å². The molecule has 0 spiro atoms. The quantitative estimate of drug-likeness (QED) is 0.696. The topological polar surface area (TPSA) is 104 Å². The zero-order valence-corrected chi connectivity index (χ0v) is 14.0. The number of carbonyl (C=O) groups excluding carboxylic acids is 1. The van der Waals surface area contributed by atoms with Crippen molar-refractivity contribution < 1.29 is 9.21 Å². The number of pyridine rings is 1. The summed E-state index contributed by atoms with van der Waals surface area (Å²) < 4.78 is 6.44. The summed E-state index contributed by atoms with van der Waals surface area (Å²) in [4.78, 5) is 36.3. The fourth-order valence-electron chi connectivity index (χ4n) is 2.66. The molecule has 0 fully saturated rings. The average molecular weight is 390 g/mol. The Kier molecular flexibility index (Phi) is 3.57. The van der Waals surface area contributed by atoms with Crippen molar-refractivity contribution in [2.75, 3.05) is 0 Å². The van der Waals surface area contributed by atoms with Crippen LogP contribution in [0.3, 0.4) is 0 Å². The lowest BCUT2D eigenvalue weighted by Crippen LogP contribution is -2.36. The molecule has 3 aromatic heterocycles. The van der Waals surface area contributed by atoms with E-state index in [-0.39, 0.29) is 24.7 Å². The molecule has 0 bridgehead atoms. The fraction of sp³-hybridized carbons (Fsp3) is 0.200. The molecule has 0 unspecified atom stereocenters. The number of hydrogen-bond acceptors (Lipinski definition) is 5. The van der Waals surface area contributed by atoms with E-state index < -0.39 is 0 Å². The van der Waals surface area contributed by atoms with E-state index in [1.54, 1.807) is 6.20 Å². The third-order valence-electron chi connectivity index (χ3n) is 3.82. The number of nitrogens with zero attached hydrogens (tertiary/aromatic N) is 3. The van der Waals surface area contributed by atoms with Crippen molar-refractivity contribution >= 4 is 33.1 Å². The normalized spacial score (nSPS) is 13.3. The molecule has 8 nitrogen and oxygen atoms in total. The molecule has 24 heavy (non-hydrogen) atoms. The molecule has 0 saturated carbocycles. The molecular weight excluding hydrogens is 378 g/mol. The van der Waals surface area contributed by atoms with Gasteiger partial charge in [0.2, 0.25) is 5.71 Å². The molecule has 4 rings (SSSR count). The van der Waals surface area contributed by atoms with Gasteiger partial charge in [0.25, 0.3) is 5.56 Å². The number of H-pyrrole nitrogens is 1. The van der Waals surface area contributed by atoms with Crippen LogP contribution >= 0.6 is 15.9 Å². The van der Waals surface area contributed by atoms with Gasteiger partial charge in [0.15, 0.2) is 0 Å². The van der Waals surface area contributed by atoms with Crippen LogP contribution in [0.1, 0.15) is 17.0 Å². The highest BCUT2D eigenvalue weighted by atomic mass is 79.9. The minimum atomic E-state index is -0.276. The van der Waals surface area contributed by atoms with Crippen LogP contribution < -0.4 is 10.9 Å². The highest BCUT2D eigenvalue weighted by Gasteiger charge is 2.26. The van der Waals surface area contributed by atoms with E-state index in [2.05, 4.69) is 36.2 Å². The summed E-state index contributed by atoms with van der Waals surface area (Å²) in [5.41, 5.74) is 1.48. The van der Waals surface area contributed by atoms with Crippen LogP contribution in [0, 0.1) is 0 Å². The first-order chi connectivity index (χ1) is 11.6. The van der Waals surface area contributed by atoms with E-state index >= 15 is 0 Å². The van der Waals surface area contributed by atoms with Crippen LogP contribution in [0.2, 0.25) is 0 Å². The van der Waals surface area contributed by atoms with Crippen LogP contribution in [0.15, 0.2) is 38.3 Å². The van der Waals surface area contributed by atoms with Gasteiger partial charge in [-0.05, 0) is 28.1 Å². The number of hydrogen-bond donors (Lipinski definition) is 2. The molecular formula is C15H12BrN5O3. The summed E-state index contributed by atoms with van der Waals surface area (Å²) in [5.74, 6) is 0.608. The van der Waals surface area contributed by atoms with E-state index in [4.69, 9.17) is 4.42 Å². The molecule has 1 aliphatic rings. The molecule has 0 aliphatic carbocycles. The molecule has 2 amide bonds. The summed E-state index contributed by atoms with van der Waals surface area (Å²) >= 11 is 3.35. The molecule has 4 heterocycles. The third kappa shape index (κ3) is 2.67. The van der Waals surface area contributed by atoms with Crippen molar-refractivity contribution in [3.05, 3.63) is 56.5 Å². The number of aromatic nitrogens is 3. The summed E-state index contributed by atoms with van der Waals surface area (Å²) in [5, 5.41) is 3.64. The number of halogens is 1. The summed E-state index contributed by atoms with van der Waals surface area (Å²) in [6.07, 6.45) is 3.00. The molecule has 0 atom stereocenters. The van der Waals surface area contributed by atoms with Gasteiger partial charge in [-0.25, -0.2) is 14.8 Å². The van der Waals surface area contributed by atoms with Crippen LogP contribution in [-0.4, -0.2) is 25.9 Å². The molecule has 0 saturated heterocycles. The maximum absolute atomic E-state index is 12.3. The van der Waals surface area contributed by atoms with Crippen molar-refractivity contribution in [2.45, 2.75) is 19.6 Å². The minimum Gasteiger partial charge on any atom is -0.441 e. The van der Waals surface area contributed by atoms with Crippen LogP contribution in [0.25, 0.3) is 11.1 Å². The molecule has 2 N–H and O–H groups in total. The van der Waals surface area contributed by atoms with Gasteiger partial charge in [0.1, 0.15) is 5.76 Å². The summed E-state index contributed by atoms with van der Waals surface area (Å²) in [6.45, 7) is 0.808. The van der Waals surface area contributed by atoms with Crippen LogP contribution in [0.5, 0.6) is 0 Å². The second kappa shape index (κ2) is 5.75. The van der Waals surface area contributed by atoms with E-state index in [9.17, 15) is 9.59 Å². The number of urea groups is 1. The van der Waals surface area contributed by atoms with Crippen LogP contribution in [-0.2, 0) is 19.6 Å². The average Bonchev–Trinajstić information content (AvgIpc) is 3.16. The SMILES string of the molecule is O=C(NCc1cc2cc(Br)cnc2o1)N1Cc2nc[nH]c(=O)c2C1. The lowest BCUT2D eigenvalue weighted by atomic mass is 10.3. The lowest BCUT2D eigenvalue weighted by molar-refractivity contribution is 0.197.